The Balaban J connectivity index is 2.37. The van der Waals surface area contributed by atoms with Gasteiger partial charge in [0.1, 0.15) is 5.82 Å². The van der Waals surface area contributed by atoms with Gasteiger partial charge in [-0.2, -0.15) is 0 Å². The van der Waals surface area contributed by atoms with Crippen molar-refractivity contribution in [3.63, 3.8) is 0 Å². The highest BCUT2D eigenvalue weighted by Crippen LogP contribution is 2.15. The molecule has 3 heterocycles. The van der Waals surface area contributed by atoms with Gasteiger partial charge in [-0.15, -0.1) is 0 Å². The third-order valence-corrected chi connectivity index (χ3v) is 3.40. The van der Waals surface area contributed by atoms with E-state index in [-0.39, 0.29) is 5.56 Å². The second-order valence-electron chi connectivity index (χ2n) is 4.85. The van der Waals surface area contributed by atoms with Crippen LogP contribution in [0.15, 0.2) is 28.4 Å². The number of nitrogens with one attached hydrogen (secondary N) is 1. The van der Waals surface area contributed by atoms with Gasteiger partial charge in [-0.1, -0.05) is 6.92 Å². The predicted molar refractivity (Wildman–Crippen MR) is 86.0 cm³/mol. The van der Waals surface area contributed by atoms with E-state index in [9.17, 15) is 4.79 Å². The Bertz CT molecular complexity index is 941. The topological polar surface area (TPSA) is 106 Å². The van der Waals surface area contributed by atoms with Gasteiger partial charge in [-0.3, -0.25) is 18.8 Å². The Labute approximate surface area is 126 Å². The molecule has 0 aromatic carbocycles. The van der Waals surface area contributed by atoms with Crippen molar-refractivity contribution in [1.82, 2.24) is 23.9 Å². The van der Waals surface area contributed by atoms with Gasteiger partial charge >= 0.3 is 0 Å². The summed E-state index contributed by atoms with van der Waals surface area (Å²) >= 11 is 0. The van der Waals surface area contributed by atoms with Crippen molar-refractivity contribution in [2.75, 3.05) is 7.05 Å². The molecule has 0 radical (unpaired) electrons. The summed E-state index contributed by atoms with van der Waals surface area (Å²) in [5, 5.41) is 0. The fourth-order valence-electron chi connectivity index (χ4n) is 2.46. The number of rotatable bonds is 4. The maximum absolute atomic E-state index is 12.7. The largest absolute Gasteiger partial charge is 0.404 e. The number of aromatic amines is 1. The molecule has 0 aliphatic rings. The summed E-state index contributed by atoms with van der Waals surface area (Å²) in [6.45, 7) is 2.61. The molecule has 3 N–H and O–H groups in total. The molecular weight excluding hydrogens is 282 g/mol. The summed E-state index contributed by atoms with van der Waals surface area (Å²) in [5.41, 5.74) is 7.04. The monoisotopic (exact) mass is 299 g/mol. The first kappa shape index (κ1) is 14.1. The molecule has 114 valence electrons. The van der Waals surface area contributed by atoms with E-state index in [2.05, 4.69) is 19.9 Å². The molecule has 0 aliphatic heterocycles. The highest BCUT2D eigenvalue weighted by molar-refractivity contribution is 6.08. The van der Waals surface area contributed by atoms with Crippen molar-refractivity contribution in [3.8, 4) is 0 Å². The van der Waals surface area contributed by atoms with Gasteiger partial charge in [-0.25, -0.2) is 9.97 Å². The SMILES string of the molecule is CCCn1c(=O)c2[nH]c(C(C=NC)=CN)nc2n2ccnc12. The number of hydrogen-bond acceptors (Lipinski definition) is 5. The third-order valence-electron chi connectivity index (χ3n) is 3.40. The van der Waals surface area contributed by atoms with Gasteiger partial charge in [0.15, 0.2) is 11.2 Å². The Kier molecular flexibility index (Phi) is 3.50. The molecular formula is C14H17N7O. The van der Waals surface area contributed by atoms with Crippen molar-refractivity contribution in [2.24, 2.45) is 10.7 Å². The lowest BCUT2D eigenvalue weighted by Gasteiger charge is -2.05. The van der Waals surface area contributed by atoms with E-state index in [0.29, 0.717) is 34.9 Å². The van der Waals surface area contributed by atoms with Crippen molar-refractivity contribution in [1.29, 1.82) is 0 Å². The molecule has 0 amide bonds. The second kappa shape index (κ2) is 5.47. The zero-order valence-corrected chi connectivity index (χ0v) is 12.4. The van der Waals surface area contributed by atoms with Crippen LogP contribution >= 0.6 is 0 Å². The summed E-state index contributed by atoms with van der Waals surface area (Å²) < 4.78 is 3.44. The van der Waals surface area contributed by atoms with Crippen LogP contribution in [0.25, 0.3) is 22.5 Å². The zero-order valence-electron chi connectivity index (χ0n) is 12.4. The standard InChI is InChI=1S/C14H17N7O/c1-3-5-21-13(22)10-12(20-6-4-17-14(20)21)19-11(18-10)9(7-15)8-16-2/h4,6-8H,3,5,15H2,1-2H3,(H,18,19). The fraction of sp³-hybridized carbons (Fsp3) is 0.286. The molecule has 0 unspecified atom stereocenters. The van der Waals surface area contributed by atoms with Gasteiger partial charge in [0.25, 0.3) is 5.56 Å². The number of aromatic nitrogens is 5. The average molecular weight is 299 g/mol. The van der Waals surface area contributed by atoms with Crippen LogP contribution < -0.4 is 11.3 Å². The molecule has 22 heavy (non-hydrogen) atoms. The molecule has 0 bridgehead atoms. The number of nitrogens with two attached hydrogens (primary N) is 1. The van der Waals surface area contributed by atoms with E-state index in [1.54, 1.807) is 34.6 Å². The Hall–Kier alpha value is -2.90. The van der Waals surface area contributed by atoms with Crippen molar-refractivity contribution in [3.05, 3.63) is 34.8 Å². The van der Waals surface area contributed by atoms with E-state index in [0.717, 1.165) is 6.42 Å². The molecule has 0 saturated heterocycles. The highest BCUT2D eigenvalue weighted by Gasteiger charge is 2.16. The lowest BCUT2D eigenvalue weighted by Crippen LogP contribution is -2.23. The van der Waals surface area contributed by atoms with Crippen molar-refractivity contribution < 1.29 is 0 Å². The number of hydrogen-bond donors (Lipinski definition) is 2. The minimum absolute atomic E-state index is 0.140. The van der Waals surface area contributed by atoms with E-state index < -0.39 is 0 Å². The van der Waals surface area contributed by atoms with Crippen LogP contribution in [-0.2, 0) is 6.54 Å². The summed E-state index contributed by atoms with van der Waals surface area (Å²) in [6, 6.07) is 0. The van der Waals surface area contributed by atoms with Crippen LogP contribution in [0.3, 0.4) is 0 Å². The van der Waals surface area contributed by atoms with Gasteiger partial charge < -0.3 is 10.7 Å². The van der Waals surface area contributed by atoms with Crippen LogP contribution in [0.2, 0.25) is 0 Å². The van der Waals surface area contributed by atoms with Crippen molar-refractivity contribution in [2.45, 2.75) is 19.9 Å². The fourth-order valence-corrected chi connectivity index (χ4v) is 2.46. The average Bonchev–Trinajstić information content (AvgIpc) is 3.15. The summed E-state index contributed by atoms with van der Waals surface area (Å²) in [6.07, 6.45) is 7.27. The minimum Gasteiger partial charge on any atom is -0.404 e. The first-order valence-electron chi connectivity index (χ1n) is 7.01. The first-order chi connectivity index (χ1) is 10.7. The second-order valence-corrected chi connectivity index (χ2v) is 4.85. The third kappa shape index (κ3) is 2.00. The molecule has 8 heteroatoms. The molecule has 3 aromatic rings. The van der Waals surface area contributed by atoms with E-state index in [1.807, 2.05) is 6.92 Å². The highest BCUT2D eigenvalue weighted by atomic mass is 16.1. The molecule has 0 fully saturated rings. The van der Waals surface area contributed by atoms with E-state index in [4.69, 9.17) is 5.73 Å². The van der Waals surface area contributed by atoms with Gasteiger partial charge in [0, 0.05) is 38.4 Å². The summed E-state index contributed by atoms with van der Waals surface area (Å²) in [5.74, 6) is 1.09. The minimum atomic E-state index is -0.140. The van der Waals surface area contributed by atoms with Crippen molar-refractivity contribution >= 4 is 28.7 Å². The zero-order chi connectivity index (χ0) is 15.7. The molecule has 0 atom stereocenters. The van der Waals surface area contributed by atoms with E-state index in [1.165, 1.54) is 6.20 Å². The van der Waals surface area contributed by atoms with Crippen LogP contribution in [0.5, 0.6) is 0 Å². The van der Waals surface area contributed by atoms with Gasteiger partial charge in [-0.05, 0) is 6.42 Å². The smallest absolute Gasteiger partial charge is 0.280 e. The molecule has 3 aromatic heterocycles. The normalized spacial score (nSPS) is 12.9. The summed E-state index contributed by atoms with van der Waals surface area (Å²) in [4.78, 5) is 28.4. The van der Waals surface area contributed by atoms with Crippen LogP contribution in [0.4, 0.5) is 0 Å². The predicted octanol–water partition coefficient (Wildman–Crippen LogP) is 0.782. The number of allylic oxidation sites excluding steroid dienone is 1. The number of H-pyrrole nitrogens is 1. The molecule has 0 spiro atoms. The number of aliphatic imine (C=N–C) groups is 1. The Morgan fingerprint density at radius 2 is 2.36 bits per heavy atom. The van der Waals surface area contributed by atoms with Gasteiger partial charge in [0.2, 0.25) is 5.78 Å². The molecule has 8 nitrogen and oxygen atoms in total. The lowest BCUT2D eigenvalue weighted by molar-refractivity contribution is 0.663. The van der Waals surface area contributed by atoms with Crippen LogP contribution in [-0.4, -0.2) is 37.2 Å². The lowest BCUT2D eigenvalue weighted by atomic mass is 10.3. The number of aryl methyl sites for hydroxylation is 1. The molecule has 0 aliphatic carbocycles. The number of nitrogens with zero attached hydrogens (tertiary/aromatic N) is 5. The maximum Gasteiger partial charge on any atom is 0.280 e. The summed E-state index contributed by atoms with van der Waals surface area (Å²) in [7, 11) is 1.65. The van der Waals surface area contributed by atoms with Crippen LogP contribution in [0, 0.1) is 0 Å². The number of fused-ring (bicyclic) bond motifs is 3. The Morgan fingerprint density at radius 3 is 3.05 bits per heavy atom. The van der Waals surface area contributed by atoms with Gasteiger partial charge in [0.05, 0.1) is 5.57 Å². The quantitative estimate of drug-likeness (QED) is 0.694. The molecule has 3 rings (SSSR count). The van der Waals surface area contributed by atoms with Crippen LogP contribution in [0.1, 0.15) is 19.2 Å². The van der Waals surface area contributed by atoms with E-state index >= 15 is 0 Å². The number of imidazole rings is 2. The maximum atomic E-state index is 12.7. The first-order valence-corrected chi connectivity index (χ1v) is 7.01. The molecule has 0 saturated carbocycles. The Morgan fingerprint density at radius 1 is 1.55 bits per heavy atom.